The largest absolute Gasteiger partial charge is 0.314 e. The number of hydrogen-bond acceptors (Lipinski definition) is 6. The van der Waals surface area contributed by atoms with Crippen LogP contribution in [0.3, 0.4) is 0 Å². The fourth-order valence-electron chi connectivity index (χ4n) is 1.70. The highest BCUT2D eigenvalue weighted by molar-refractivity contribution is 5.52. The zero-order chi connectivity index (χ0) is 14.7. The SMILES string of the molecule is CNCc1ccn(-c2cc([N+](=O)[O-])cc([N+](=O)[O-])c2)n1. The van der Waals surface area contributed by atoms with Crippen molar-refractivity contribution in [1.29, 1.82) is 0 Å². The van der Waals surface area contributed by atoms with Crippen molar-refractivity contribution in [2.75, 3.05) is 7.05 Å². The van der Waals surface area contributed by atoms with Crippen LogP contribution >= 0.6 is 0 Å². The first-order valence-electron chi connectivity index (χ1n) is 5.64. The fraction of sp³-hybridized carbons (Fsp3) is 0.182. The van der Waals surface area contributed by atoms with Crippen molar-refractivity contribution in [3.8, 4) is 5.69 Å². The van der Waals surface area contributed by atoms with Gasteiger partial charge in [-0.1, -0.05) is 0 Å². The van der Waals surface area contributed by atoms with E-state index in [1.54, 1.807) is 19.3 Å². The highest BCUT2D eigenvalue weighted by Crippen LogP contribution is 2.24. The molecular weight excluding hydrogens is 266 g/mol. The van der Waals surface area contributed by atoms with Crippen LogP contribution in [0.2, 0.25) is 0 Å². The Labute approximate surface area is 113 Å². The number of rotatable bonds is 5. The molecule has 0 aliphatic rings. The molecule has 2 aromatic rings. The van der Waals surface area contributed by atoms with Crippen LogP contribution in [-0.4, -0.2) is 26.7 Å². The number of non-ortho nitro benzene ring substituents is 2. The molecule has 0 bridgehead atoms. The summed E-state index contributed by atoms with van der Waals surface area (Å²) in [5, 5.41) is 28.7. The zero-order valence-corrected chi connectivity index (χ0v) is 10.5. The summed E-state index contributed by atoms with van der Waals surface area (Å²) in [6, 6.07) is 5.12. The predicted octanol–water partition coefficient (Wildman–Crippen LogP) is 1.41. The standard InChI is InChI=1S/C11H11N5O4/c1-12-7-8-2-3-14(13-8)9-4-10(15(17)18)6-11(5-9)16(19)20/h2-6,12H,7H2,1H3. The third-order valence-electron chi connectivity index (χ3n) is 2.58. The van der Waals surface area contributed by atoms with E-state index in [4.69, 9.17) is 0 Å². The van der Waals surface area contributed by atoms with Crippen LogP contribution in [-0.2, 0) is 6.54 Å². The number of aromatic nitrogens is 2. The summed E-state index contributed by atoms with van der Waals surface area (Å²) >= 11 is 0. The molecule has 0 saturated carbocycles. The lowest BCUT2D eigenvalue weighted by atomic mass is 10.2. The van der Waals surface area contributed by atoms with Crippen molar-refractivity contribution in [3.05, 3.63) is 56.4 Å². The third kappa shape index (κ3) is 2.78. The van der Waals surface area contributed by atoms with Crippen molar-refractivity contribution < 1.29 is 9.85 Å². The van der Waals surface area contributed by atoms with E-state index in [9.17, 15) is 20.2 Å². The van der Waals surface area contributed by atoms with E-state index in [1.165, 1.54) is 16.8 Å². The van der Waals surface area contributed by atoms with Gasteiger partial charge in [0.2, 0.25) is 0 Å². The molecule has 20 heavy (non-hydrogen) atoms. The third-order valence-corrected chi connectivity index (χ3v) is 2.58. The maximum atomic E-state index is 10.8. The van der Waals surface area contributed by atoms with Gasteiger partial charge in [-0.2, -0.15) is 5.10 Å². The molecule has 0 saturated heterocycles. The van der Waals surface area contributed by atoms with Crippen LogP contribution in [0.4, 0.5) is 11.4 Å². The van der Waals surface area contributed by atoms with Gasteiger partial charge < -0.3 is 5.32 Å². The number of nitrogens with one attached hydrogen (secondary N) is 1. The first kappa shape index (κ1) is 13.6. The summed E-state index contributed by atoms with van der Waals surface area (Å²) in [7, 11) is 1.76. The molecule has 0 atom stereocenters. The Morgan fingerprint density at radius 3 is 2.30 bits per heavy atom. The van der Waals surface area contributed by atoms with E-state index in [0.717, 1.165) is 11.8 Å². The lowest BCUT2D eigenvalue weighted by molar-refractivity contribution is -0.394. The second kappa shape index (κ2) is 5.45. The fourth-order valence-corrected chi connectivity index (χ4v) is 1.70. The van der Waals surface area contributed by atoms with Gasteiger partial charge in [-0.15, -0.1) is 0 Å². The van der Waals surface area contributed by atoms with Crippen LogP contribution in [0, 0.1) is 20.2 Å². The Morgan fingerprint density at radius 1 is 1.20 bits per heavy atom. The van der Waals surface area contributed by atoms with E-state index in [2.05, 4.69) is 10.4 Å². The van der Waals surface area contributed by atoms with Crippen LogP contribution < -0.4 is 5.32 Å². The molecule has 1 aromatic heterocycles. The van der Waals surface area contributed by atoms with Crippen molar-refractivity contribution >= 4 is 11.4 Å². The minimum atomic E-state index is -0.672. The molecule has 0 unspecified atom stereocenters. The van der Waals surface area contributed by atoms with Crippen molar-refractivity contribution in [1.82, 2.24) is 15.1 Å². The summed E-state index contributed by atoms with van der Waals surface area (Å²) in [5.74, 6) is 0. The van der Waals surface area contributed by atoms with Gasteiger partial charge in [-0.05, 0) is 13.1 Å². The average Bonchev–Trinajstić information content (AvgIpc) is 2.87. The summed E-state index contributed by atoms with van der Waals surface area (Å²) in [6.45, 7) is 0.532. The van der Waals surface area contributed by atoms with Gasteiger partial charge in [0.25, 0.3) is 11.4 Å². The molecule has 0 fully saturated rings. The van der Waals surface area contributed by atoms with Gasteiger partial charge >= 0.3 is 0 Å². The highest BCUT2D eigenvalue weighted by atomic mass is 16.6. The molecule has 1 heterocycles. The lowest BCUT2D eigenvalue weighted by Gasteiger charge is -2.02. The topological polar surface area (TPSA) is 116 Å². The van der Waals surface area contributed by atoms with Crippen LogP contribution in [0.5, 0.6) is 0 Å². The minimum Gasteiger partial charge on any atom is -0.314 e. The molecule has 1 N–H and O–H groups in total. The van der Waals surface area contributed by atoms with Gasteiger partial charge in [0.05, 0.1) is 27.3 Å². The Bertz CT molecular complexity index is 634. The Morgan fingerprint density at radius 2 is 1.80 bits per heavy atom. The predicted molar refractivity (Wildman–Crippen MR) is 69.6 cm³/mol. The van der Waals surface area contributed by atoms with E-state index in [1.807, 2.05) is 0 Å². The minimum absolute atomic E-state index is 0.272. The van der Waals surface area contributed by atoms with Gasteiger partial charge in [-0.3, -0.25) is 20.2 Å². The lowest BCUT2D eigenvalue weighted by Crippen LogP contribution is -2.06. The van der Waals surface area contributed by atoms with Crippen molar-refractivity contribution in [2.24, 2.45) is 0 Å². The Kier molecular flexibility index (Phi) is 3.71. The van der Waals surface area contributed by atoms with Crippen LogP contribution in [0.15, 0.2) is 30.5 Å². The van der Waals surface area contributed by atoms with Gasteiger partial charge in [0, 0.05) is 24.9 Å². The monoisotopic (exact) mass is 277 g/mol. The maximum absolute atomic E-state index is 10.8. The number of nitrogens with zero attached hydrogens (tertiary/aromatic N) is 4. The quantitative estimate of drug-likeness (QED) is 0.652. The Balaban J connectivity index is 2.48. The summed E-state index contributed by atoms with van der Waals surface area (Å²) in [5.41, 5.74) is 0.301. The number of benzene rings is 1. The van der Waals surface area contributed by atoms with E-state index >= 15 is 0 Å². The second-order valence-corrected chi connectivity index (χ2v) is 4.00. The van der Waals surface area contributed by atoms with Gasteiger partial charge in [0.15, 0.2) is 0 Å². The normalized spacial score (nSPS) is 10.4. The number of nitro groups is 2. The summed E-state index contributed by atoms with van der Waals surface area (Å²) < 4.78 is 1.37. The zero-order valence-electron chi connectivity index (χ0n) is 10.5. The van der Waals surface area contributed by atoms with Crippen molar-refractivity contribution in [2.45, 2.75) is 6.54 Å². The average molecular weight is 277 g/mol. The number of nitro benzene ring substituents is 2. The molecular formula is C11H11N5O4. The molecule has 9 heteroatoms. The smallest absolute Gasteiger partial charge is 0.278 e. The first-order valence-corrected chi connectivity index (χ1v) is 5.64. The molecule has 9 nitrogen and oxygen atoms in total. The Hall–Kier alpha value is -2.81. The molecule has 0 aliphatic carbocycles. The van der Waals surface area contributed by atoms with Crippen LogP contribution in [0.25, 0.3) is 5.69 Å². The number of hydrogen-bond donors (Lipinski definition) is 1. The maximum Gasteiger partial charge on any atom is 0.278 e. The molecule has 0 spiro atoms. The summed E-state index contributed by atoms with van der Waals surface area (Å²) in [6.07, 6.45) is 1.59. The molecule has 0 aliphatic heterocycles. The van der Waals surface area contributed by atoms with Gasteiger partial charge in [0.1, 0.15) is 0 Å². The second-order valence-electron chi connectivity index (χ2n) is 4.00. The molecule has 1 aromatic carbocycles. The summed E-state index contributed by atoms with van der Waals surface area (Å²) in [4.78, 5) is 20.3. The molecule has 0 radical (unpaired) electrons. The first-order chi connectivity index (χ1) is 9.51. The molecule has 0 amide bonds. The van der Waals surface area contributed by atoms with E-state index in [0.29, 0.717) is 6.54 Å². The highest BCUT2D eigenvalue weighted by Gasteiger charge is 2.17. The van der Waals surface area contributed by atoms with Crippen LogP contribution in [0.1, 0.15) is 5.69 Å². The molecule has 104 valence electrons. The van der Waals surface area contributed by atoms with Crippen molar-refractivity contribution in [3.63, 3.8) is 0 Å². The van der Waals surface area contributed by atoms with Gasteiger partial charge in [-0.25, -0.2) is 4.68 Å². The van der Waals surface area contributed by atoms with E-state index in [-0.39, 0.29) is 17.1 Å². The van der Waals surface area contributed by atoms with E-state index < -0.39 is 9.85 Å². The molecule has 2 rings (SSSR count).